The largest absolute Gasteiger partial charge is 0.478 e. The molecule has 5 rings (SSSR count). The lowest BCUT2D eigenvalue weighted by Crippen LogP contribution is -2.29. The molecule has 0 saturated carbocycles. The summed E-state index contributed by atoms with van der Waals surface area (Å²) >= 11 is 3.03. The Hall–Kier alpha value is -3.50. The van der Waals surface area contributed by atoms with Crippen molar-refractivity contribution < 1.29 is 19.5 Å². The lowest BCUT2D eigenvalue weighted by Gasteiger charge is -2.20. The summed E-state index contributed by atoms with van der Waals surface area (Å²) in [6, 6.07) is 11.9. The van der Waals surface area contributed by atoms with E-state index in [0.29, 0.717) is 27.9 Å². The third-order valence-corrected chi connectivity index (χ3v) is 9.46. The molecule has 2 heterocycles. The predicted octanol–water partition coefficient (Wildman–Crippen LogP) is 6.42. The van der Waals surface area contributed by atoms with Crippen LogP contribution >= 0.6 is 23.5 Å². The second-order valence-corrected chi connectivity index (χ2v) is 11.6. The van der Waals surface area contributed by atoms with Gasteiger partial charge in [0.2, 0.25) is 0 Å². The van der Waals surface area contributed by atoms with E-state index in [-0.39, 0.29) is 23.8 Å². The summed E-state index contributed by atoms with van der Waals surface area (Å²) in [5.74, 6) is -1.20. The second kappa shape index (κ2) is 11.3. The van der Waals surface area contributed by atoms with Gasteiger partial charge in [-0.2, -0.15) is 0 Å². The van der Waals surface area contributed by atoms with E-state index in [4.69, 9.17) is 4.99 Å². The summed E-state index contributed by atoms with van der Waals surface area (Å²) in [7, 11) is 2.03. The summed E-state index contributed by atoms with van der Waals surface area (Å²) in [6.45, 7) is 4.43. The molecule has 2 N–H and O–H groups in total. The Labute approximate surface area is 236 Å². The number of amides is 1. The molecule has 0 aromatic heterocycles. The van der Waals surface area contributed by atoms with Crippen LogP contribution < -0.4 is 5.32 Å². The van der Waals surface area contributed by atoms with E-state index in [1.165, 1.54) is 29.3 Å². The van der Waals surface area contributed by atoms with Crippen LogP contribution in [0.1, 0.15) is 65.8 Å². The zero-order valence-corrected chi connectivity index (χ0v) is 23.7. The van der Waals surface area contributed by atoms with E-state index in [1.807, 2.05) is 20.0 Å². The second-order valence-electron chi connectivity index (χ2n) is 9.58. The van der Waals surface area contributed by atoms with E-state index in [2.05, 4.69) is 10.2 Å². The van der Waals surface area contributed by atoms with Crippen LogP contribution in [-0.4, -0.2) is 51.3 Å². The van der Waals surface area contributed by atoms with Crippen LogP contribution in [0.2, 0.25) is 0 Å². The molecule has 0 bridgehead atoms. The summed E-state index contributed by atoms with van der Waals surface area (Å²) in [5, 5.41) is 14.0. The van der Waals surface area contributed by atoms with Gasteiger partial charge in [0.1, 0.15) is 4.91 Å². The molecule has 1 saturated heterocycles. The first kappa shape index (κ1) is 27.1. The topological polar surface area (TPSA) is 102 Å². The standard InChI is InChI=1S/C29H30N4O4S2/c1-4-30-21-14-13-20(17(2)34)15-22(21)31-29-33(16-18-9-11-19(12-10-18)28(36)37)26(35)25(39-29)27-32(3)23-7-5-6-8-24(23)38-27/h9-15,30H,4-8,16H2,1-3H3,(H,36,37)/b27-25-,31-29+. The van der Waals surface area contributed by atoms with Crippen molar-refractivity contribution >= 4 is 57.7 Å². The number of carbonyl (C=O) groups is 3. The number of hydrogen-bond acceptors (Lipinski definition) is 8. The lowest BCUT2D eigenvalue weighted by atomic mass is 10.0. The smallest absolute Gasteiger partial charge is 0.335 e. The quantitative estimate of drug-likeness (QED) is 0.295. The highest BCUT2D eigenvalue weighted by Gasteiger charge is 2.40. The molecule has 0 unspecified atom stereocenters. The first-order chi connectivity index (χ1) is 18.8. The highest BCUT2D eigenvalue weighted by molar-refractivity contribution is 8.19. The van der Waals surface area contributed by atoms with Crippen molar-refractivity contribution in [2.24, 2.45) is 4.99 Å². The molecule has 39 heavy (non-hydrogen) atoms. The SMILES string of the molecule is CCNc1ccc(C(C)=O)cc1/N=C1/S/C(=C2\SC3=C(CCCC3)N2C)C(=O)N1Cc1ccc(C(=O)O)cc1. The van der Waals surface area contributed by atoms with E-state index in [0.717, 1.165) is 42.0 Å². The number of ketones is 1. The van der Waals surface area contributed by atoms with Crippen molar-refractivity contribution in [1.82, 2.24) is 9.80 Å². The number of rotatable bonds is 7. The number of carboxylic acid groups (broad SMARTS) is 1. The van der Waals surface area contributed by atoms with Gasteiger partial charge in [-0.05, 0) is 87.2 Å². The zero-order chi connectivity index (χ0) is 27.7. The molecule has 2 aromatic carbocycles. The summed E-state index contributed by atoms with van der Waals surface area (Å²) in [6.07, 6.45) is 4.36. The number of carboxylic acids is 1. The molecule has 1 aliphatic carbocycles. The van der Waals surface area contributed by atoms with E-state index >= 15 is 0 Å². The van der Waals surface area contributed by atoms with Gasteiger partial charge in [-0.3, -0.25) is 14.5 Å². The zero-order valence-electron chi connectivity index (χ0n) is 22.1. The lowest BCUT2D eigenvalue weighted by molar-refractivity contribution is -0.122. The van der Waals surface area contributed by atoms with Crippen molar-refractivity contribution in [3.8, 4) is 0 Å². The number of hydrogen-bond donors (Lipinski definition) is 2. The molecule has 8 nitrogen and oxygen atoms in total. The summed E-state index contributed by atoms with van der Waals surface area (Å²) in [4.78, 5) is 48.1. The first-order valence-corrected chi connectivity index (χ1v) is 14.6. The fourth-order valence-corrected chi connectivity index (χ4v) is 7.33. The van der Waals surface area contributed by atoms with Gasteiger partial charge in [-0.1, -0.05) is 23.9 Å². The van der Waals surface area contributed by atoms with Gasteiger partial charge < -0.3 is 15.3 Å². The number of aliphatic imine (C=N–C) groups is 1. The van der Waals surface area contributed by atoms with Crippen molar-refractivity contribution in [3.63, 3.8) is 0 Å². The van der Waals surface area contributed by atoms with Gasteiger partial charge >= 0.3 is 5.97 Å². The van der Waals surface area contributed by atoms with Crippen LogP contribution in [0.3, 0.4) is 0 Å². The highest BCUT2D eigenvalue weighted by Crippen LogP contribution is 2.51. The Balaban J connectivity index is 1.56. The molecule has 1 fully saturated rings. The molecule has 2 aromatic rings. The van der Waals surface area contributed by atoms with Gasteiger partial charge in [0.15, 0.2) is 11.0 Å². The molecule has 10 heteroatoms. The maximum atomic E-state index is 14.0. The normalized spacial score (nSPS) is 20.2. The number of carbonyl (C=O) groups excluding carboxylic acids is 2. The number of allylic oxidation sites excluding steroid dienone is 2. The van der Waals surface area contributed by atoms with Crippen LogP contribution in [0, 0.1) is 0 Å². The van der Waals surface area contributed by atoms with Crippen LogP contribution in [0.4, 0.5) is 11.4 Å². The van der Waals surface area contributed by atoms with Crippen LogP contribution in [0.5, 0.6) is 0 Å². The van der Waals surface area contributed by atoms with Crippen LogP contribution in [0.25, 0.3) is 0 Å². The third-order valence-electron chi connectivity index (χ3n) is 6.91. The van der Waals surface area contributed by atoms with Crippen molar-refractivity contribution in [2.45, 2.75) is 46.1 Å². The monoisotopic (exact) mass is 562 g/mol. The molecular formula is C29H30N4O4S2. The van der Waals surface area contributed by atoms with Gasteiger partial charge in [0.25, 0.3) is 5.91 Å². The molecule has 3 aliphatic rings. The maximum absolute atomic E-state index is 14.0. The highest BCUT2D eigenvalue weighted by atomic mass is 32.2. The van der Waals surface area contributed by atoms with Crippen molar-refractivity contribution in [1.29, 1.82) is 0 Å². The fourth-order valence-electron chi connectivity index (χ4n) is 4.81. The molecule has 2 aliphatic heterocycles. The van der Waals surface area contributed by atoms with Crippen molar-refractivity contribution in [3.05, 3.63) is 79.7 Å². The minimum absolute atomic E-state index is 0.0616. The summed E-state index contributed by atoms with van der Waals surface area (Å²) < 4.78 is 0. The first-order valence-electron chi connectivity index (χ1n) is 12.9. The van der Waals surface area contributed by atoms with Gasteiger partial charge in [-0.15, -0.1) is 0 Å². The number of amidine groups is 1. The number of Topliss-reactive ketones (excluding diaryl/α,β-unsaturated/α-hetero) is 1. The molecule has 1 amide bonds. The van der Waals surface area contributed by atoms with E-state index < -0.39 is 5.97 Å². The maximum Gasteiger partial charge on any atom is 0.335 e. The molecular weight excluding hydrogens is 532 g/mol. The molecule has 0 atom stereocenters. The Morgan fingerprint density at radius 3 is 2.44 bits per heavy atom. The number of nitrogens with zero attached hydrogens (tertiary/aromatic N) is 3. The fraction of sp³-hybridized carbons (Fsp3) is 0.310. The Morgan fingerprint density at radius 1 is 1.05 bits per heavy atom. The minimum Gasteiger partial charge on any atom is -0.478 e. The van der Waals surface area contributed by atoms with Gasteiger partial charge in [0.05, 0.1) is 28.5 Å². The number of nitrogens with one attached hydrogen (secondary N) is 1. The Morgan fingerprint density at radius 2 is 1.77 bits per heavy atom. The van der Waals surface area contributed by atoms with Crippen LogP contribution in [0.15, 0.2) is 68.0 Å². The van der Waals surface area contributed by atoms with E-state index in [1.54, 1.807) is 53.1 Å². The molecule has 202 valence electrons. The number of aromatic carboxylic acids is 1. The minimum atomic E-state index is -0.998. The number of anilines is 1. The van der Waals surface area contributed by atoms with Gasteiger partial charge in [0, 0.05) is 29.8 Å². The summed E-state index contributed by atoms with van der Waals surface area (Å²) in [5.41, 5.74) is 4.19. The Bertz CT molecular complexity index is 1450. The van der Waals surface area contributed by atoms with Crippen LogP contribution in [-0.2, 0) is 11.3 Å². The van der Waals surface area contributed by atoms with E-state index in [9.17, 15) is 19.5 Å². The Kier molecular flexibility index (Phi) is 7.86. The molecule has 0 radical (unpaired) electrons. The number of thioether (sulfide) groups is 2. The van der Waals surface area contributed by atoms with Gasteiger partial charge in [-0.25, -0.2) is 9.79 Å². The average molecular weight is 563 g/mol. The number of benzene rings is 2. The molecule has 0 spiro atoms. The van der Waals surface area contributed by atoms with Crippen molar-refractivity contribution in [2.75, 3.05) is 18.9 Å². The predicted molar refractivity (Wildman–Crippen MR) is 157 cm³/mol. The third kappa shape index (κ3) is 5.49. The average Bonchev–Trinajstić information content (AvgIpc) is 3.41.